The Balaban J connectivity index is 1.86. The molecule has 2 heterocycles. The van der Waals surface area contributed by atoms with Gasteiger partial charge in [-0.25, -0.2) is 13.2 Å². The summed E-state index contributed by atoms with van der Waals surface area (Å²) in [6.45, 7) is 5.61. The average molecular weight is 406 g/mol. The molecule has 0 spiro atoms. The Morgan fingerprint density at radius 1 is 1.22 bits per heavy atom. The van der Waals surface area contributed by atoms with Crippen LogP contribution in [0, 0.1) is 13.8 Å². The number of ether oxygens (including phenoxy) is 1. The minimum Gasteiger partial charge on any atom is -0.461 e. The molecule has 0 aliphatic heterocycles. The minimum absolute atomic E-state index is 0.0401. The van der Waals surface area contributed by atoms with Crippen LogP contribution in [0.15, 0.2) is 45.1 Å². The van der Waals surface area contributed by atoms with E-state index >= 15 is 0 Å². The van der Waals surface area contributed by atoms with Gasteiger partial charge in [0.15, 0.2) is 11.5 Å². The molecular formula is C18H18N2O5S2. The van der Waals surface area contributed by atoms with Crippen LogP contribution in [-0.2, 0) is 14.8 Å². The molecule has 0 radical (unpaired) electrons. The highest BCUT2D eigenvalue weighted by atomic mass is 32.2. The maximum absolute atomic E-state index is 12.7. The number of rotatable bonds is 6. The van der Waals surface area contributed by atoms with E-state index in [1.54, 1.807) is 13.0 Å². The molecule has 0 amide bonds. The molecule has 3 aromatic rings. The number of thiophene rings is 1. The van der Waals surface area contributed by atoms with Gasteiger partial charge in [0.05, 0.1) is 17.2 Å². The predicted molar refractivity (Wildman–Crippen MR) is 102 cm³/mol. The fraction of sp³-hybridized carbons (Fsp3) is 0.222. The number of carbonyl (C=O) groups is 1. The maximum Gasteiger partial charge on any atom is 0.360 e. The standard InChI is InChI=1S/C18H18N2O5S2/c1-4-24-18(21)13-10-14(25-19-13)15-8-9-16(26-15)27(22,23)20-17-11(2)6-5-7-12(17)3/h5-10,20H,4H2,1-3H3. The number of carbonyl (C=O) groups excluding carboxylic acids is 1. The topological polar surface area (TPSA) is 98.5 Å². The van der Waals surface area contributed by atoms with E-state index < -0.39 is 16.0 Å². The number of sulfonamides is 1. The Morgan fingerprint density at radius 2 is 1.93 bits per heavy atom. The van der Waals surface area contributed by atoms with Crippen LogP contribution in [-0.4, -0.2) is 26.2 Å². The number of hydrogen-bond donors (Lipinski definition) is 1. The summed E-state index contributed by atoms with van der Waals surface area (Å²) in [5, 5.41) is 3.67. The molecule has 1 aromatic carbocycles. The summed E-state index contributed by atoms with van der Waals surface area (Å²) in [6, 6.07) is 10.1. The molecule has 0 saturated heterocycles. The van der Waals surface area contributed by atoms with Gasteiger partial charge in [0.2, 0.25) is 0 Å². The first-order valence-electron chi connectivity index (χ1n) is 8.15. The summed E-state index contributed by atoms with van der Waals surface area (Å²) < 4.78 is 38.2. The van der Waals surface area contributed by atoms with Gasteiger partial charge in [-0.05, 0) is 44.0 Å². The van der Waals surface area contributed by atoms with E-state index in [9.17, 15) is 13.2 Å². The molecule has 2 aromatic heterocycles. The number of esters is 1. The predicted octanol–water partition coefficient (Wildman–Crippen LogP) is 4.00. The van der Waals surface area contributed by atoms with E-state index in [1.165, 1.54) is 12.1 Å². The number of benzene rings is 1. The Morgan fingerprint density at radius 3 is 2.59 bits per heavy atom. The second-order valence-corrected chi connectivity index (χ2v) is 8.78. The zero-order valence-corrected chi connectivity index (χ0v) is 16.6. The lowest BCUT2D eigenvalue weighted by Crippen LogP contribution is -2.13. The third kappa shape index (κ3) is 4.04. The monoisotopic (exact) mass is 406 g/mol. The first-order chi connectivity index (χ1) is 12.8. The van der Waals surface area contributed by atoms with E-state index in [1.807, 2.05) is 32.0 Å². The summed E-state index contributed by atoms with van der Waals surface area (Å²) in [7, 11) is -3.75. The van der Waals surface area contributed by atoms with Crippen LogP contribution in [0.4, 0.5) is 5.69 Å². The van der Waals surface area contributed by atoms with Crippen molar-refractivity contribution in [2.75, 3.05) is 11.3 Å². The van der Waals surface area contributed by atoms with Crippen molar-refractivity contribution in [2.45, 2.75) is 25.0 Å². The number of aromatic nitrogens is 1. The molecule has 3 rings (SSSR count). The molecule has 142 valence electrons. The maximum atomic E-state index is 12.7. The van der Waals surface area contributed by atoms with Gasteiger partial charge in [-0.1, -0.05) is 23.4 Å². The van der Waals surface area contributed by atoms with E-state index in [-0.39, 0.29) is 16.5 Å². The van der Waals surface area contributed by atoms with E-state index in [2.05, 4.69) is 9.88 Å². The summed E-state index contributed by atoms with van der Waals surface area (Å²) >= 11 is 1.03. The summed E-state index contributed by atoms with van der Waals surface area (Å²) in [4.78, 5) is 12.2. The molecule has 0 fully saturated rings. The summed E-state index contributed by atoms with van der Waals surface area (Å²) in [6.07, 6.45) is 0. The summed E-state index contributed by atoms with van der Waals surface area (Å²) in [5.41, 5.74) is 2.28. The van der Waals surface area contributed by atoms with Crippen molar-refractivity contribution in [3.8, 4) is 10.6 Å². The Kier molecular flexibility index (Phi) is 5.33. The van der Waals surface area contributed by atoms with Crippen LogP contribution < -0.4 is 4.72 Å². The highest BCUT2D eigenvalue weighted by Crippen LogP contribution is 2.33. The molecule has 0 atom stereocenters. The van der Waals surface area contributed by atoms with E-state index in [0.717, 1.165) is 22.5 Å². The van der Waals surface area contributed by atoms with Gasteiger partial charge in [0, 0.05) is 6.07 Å². The van der Waals surface area contributed by atoms with Crippen molar-refractivity contribution < 1.29 is 22.5 Å². The van der Waals surface area contributed by atoms with Gasteiger partial charge in [-0.15, -0.1) is 11.3 Å². The molecule has 0 saturated carbocycles. The first-order valence-corrected chi connectivity index (χ1v) is 10.4. The fourth-order valence-corrected chi connectivity index (χ4v) is 4.91. The van der Waals surface area contributed by atoms with Gasteiger partial charge in [0.1, 0.15) is 4.21 Å². The second-order valence-electron chi connectivity index (χ2n) is 5.79. The van der Waals surface area contributed by atoms with E-state index in [0.29, 0.717) is 16.3 Å². The Bertz CT molecular complexity index is 1060. The van der Waals surface area contributed by atoms with Crippen molar-refractivity contribution in [3.05, 3.63) is 53.2 Å². The summed E-state index contributed by atoms with van der Waals surface area (Å²) in [5.74, 6) is -0.287. The van der Waals surface area contributed by atoms with Crippen LogP contribution in [0.2, 0.25) is 0 Å². The lowest BCUT2D eigenvalue weighted by atomic mass is 10.1. The number of anilines is 1. The van der Waals surface area contributed by atoms with Gasteiger partial charge >= 0.3 is 5.97 Å². The second kappa shape index (κ2) is 7.53. The molecule has 0 aliphatic carbocycles. The van der Waals surface area contributed by atoms with Crippen LogP contribution in [0.1, 0.15) is 28.5 Å². The van der Waals surface area contributed by atoms with Crippen LogP contribution in [0.25, 0.3) is 10.6 Å². The zero-order valence-electron chi connectivity index (χ0n) is 15.0. The van der Waals surface area contributed by atoms with Crippen molar-refractivity contribution in [1.82, 2.24) is 5.16 Å². The normalized spacial score (nSPS) is 11.4. The van der Waals surface area contributed by atoms with E-state index in [4.69, 9.17) is 9.26 Å². The molecule has 0 bridgehead atoms. The molecule has 1 N–H and O–H groups in total. The molecule has 0 aliphatic rings. The van der Waals surface area contributed by atoms with Gasteiger partial charge < -0.3 is 9.26 Å². The number of para-hydroxylation sites is 1. The van der Waals surface area contributed by atoms with Crippen LogP contribution >= 0.6 is 11.3 Å². The van der Waals surface area contributed by atoms with Crippen molar-refractivity contribution in [3.63, 3.8) is 0 Å². The zero-order chi connectivity index (χ0) is 19.6. The molecule has 7 nitrogen and oxygen atoms in total. The highest BCUT2D eigenvalue weighted by molar-refractivity contribution is 7.94. The smallest absolute Gasteiger partial charge is 0.360 e. The number of nitrogens with one attached hydrogen (secondary N) is 1. The molecule has 9 heteroatoms. The van der Waals surface area contributed by atoms with Crippen molar-refractivity contribution in [2.24, 2.45) is 0 Å². The van der Waals surface area contributed by atoms with Crippen LogP contribution in [0.3, 0.4) is 0 Å². The highest BCUT2D eigenvalue weighted by Gasteiger charge is 2.21. The quantitative estimate of drug-likeness (QED) is 0.621. The third-order valence-electron chi connectivity index (χ3n) is 3.80. The first kappa shape index (κ1) is 19.1. The molecular weight excluding hydrogens is 388 g/mol. The Hall–Kier alpha value is -2.65. The lowest BCUT2D eigenvalue weighted by molar-refractivity contribution is 0.0514. The largest absolute Gasteiger partial charge is 0.461 e. The van der Waals surface area contributed by atoms with Gasteiger partial charge in [-0.2, -0.15) is 0 Å². The number of nitrogens with zero attached hydrogens (tertiary/aromatic N) is 1. The average Bonchev–Trinajstić information content (AvgIpc) is 3.27. The third-order valence-corrected chi connectivity index (χ3v) is 6.74. The minimum atomic E-state index is -3.75. The van der Waals surface area contributed by atoms with Crippen molar-refractivity contribution in [1.29, 1.82) is 0 Å². The Labute approximate surface area is 161 Å². The molecule has 27 heavy (non-hydrogen) atoms. The van der Waals surface area contributed by atoms with Gasteiger partial charge in [0.25, 0.3) is 10.0 Å². The number of hydrogen-bond acceptors (Lipinski definition) is 7. The number of aryl methyl sites for hydroxylation is 2. The SMILES string of the molecule is CCOC(=O)c1cc(-c2ccc(S(=O)(=O)Nc3c(C)cccc3C)s2)on1. The van der Waals surface area contributed by atoms with Gasteiger partial charge in [-0.3, -0.25) is 4.72 Å². The van der Waals surface area contributed by atoms with Crippen LogP contribution in [0.5, 0.6) is 0 Å². The molecule has 0 unspecified atom stereocenters. The fourth-order valence-electron chi connectivity index (χ4n) is 2.45. The van der Waals surface area contributed by atoms with Crippen molar-refractivity contribution >= 4 is 33.0 Å². The lowest BCUT2D eigenvalue weighted by Gasteiger charge is -2.11.